The summed E-state index contributed by atoms with van der Waals surface area (Å²) >= 11 is 5.29. The second kappa shape index (κ2) is 5.56. The zero-order valence-corrected chi connectivity index (χ0v) is 14.6. The van der Waals surface area contributed by atoms with E-state index in [0.29, 0.717) is 0 Å². The van der Waals surface area contributed by atoms with Gasteiger partial charge in [0, 0.05) is 17.6 Å². The lowest BCUT2D eigenvalue weighted by Gasteiger charge is -2.28. The molecule has 3 aromatic rings. The van der Waals surface area contributed by atoms with Gasteiger partial charge in [0.2, 0.25) is 0 Å². The summed E-state index contributed by atoms with van der Waals surface area (Å²) in [6, 6.07) is 12.6. The van der Waals surface area contributed by atoms with E-state index in [4.69, 9.17) is 9.72 Å². The summed E-state index contributed by atoms with van der Waals surface area (Å²) in [6.45, 7) is 1.92. The van der Waals surface area contributed by atoms with Crippen LogP contribution in [-0.4, -0.2) is 18.6 Å². The van der Waals surface area contributed by atoms with Crippen molar-refractivity contribution in [3.05, 3.63) is 52.0 Å². The van der Waals surface area contributed by atoms with E-state index in [9.17, 15) is 0 Å². The van der Waals surface area contributed by atoms with Gasteiger partial charge in [-0.2, -0.15) is 0 Å². The highest BCUT2D eigenvalue weighted by molar-refractivity contribution is 9.10. The minimum atomic E-state index is 0.917. The van der Waals surface area contributed by atoms with Gasteiger partial charge in [0.05, 0.1) is 17.3 Å². The van der Waals surface area contributed by atoms with Crippen molar-refractivity contribution < 1.29 is 4.74 Å². The molecule has 2 heterocycles. The van der Waals surface area contributed by atoms with E-state index in [1.807, 2.05) is 12.1 Å². The molecule has 1 aliphatic heterocycles. The molecule has 5 heteroatoms. The maximum absolute atomic E-state index is 5.31. The van der Waals surface area contributed by atoms with Gasteiger partial charge in [-0.3, -0.25) is 0 Å². The number of hydrogen-bond donors (Lipinski definition) is 0. The first-order valence-corrected chi connectivity index (χ1v) is 8.81. The second-order valence-corrected chi connectivity index (χ2v) is 7.34. The third-order valence-corrected chi connectivity index (χ3v) is 5.61. The number of hydrogen-bond acceptors (Lipinski definition) is 4. The second-order valence-electron chi connectivity index (χ2n) is 5.41. The molecule has 0 unspecified atom stereocenters. The molecule has 1 aliphatic rings. The van der Waals surface area contributed by atoms with E-state index in [-0.39, 0.29) is 0 Å². The predicted octanol–water partition coefficient (Wildman–Crippen LogP) is 4.63. The van der Waals surface area contributed by atoms with Crippen LogP contribution in [0.3, 0.4) is 0 Å². The van der Waals surface area contributed by atoms with E-state index in [0.717, 1.165) is 40.4 Å². The first-order chi connectivity index (χ1) is 10.7. The standard InChI is InChI=1S/C17H15BrN2OS/c1-21-14-4-2-12-10-20(7-6-11(12)8-14)17-19-15-5-3-13(18)9-16(15)22-17/h2-5,8-9H,6-7,10H2,1H3. The number of nitrogens with zero attached hydrogens (tertiary/aromatic N) is 2. The summed E-state index contributed by atoms with van der Waals surface area (Å²) in [5, 5.41) is 1.11. The van der Waals surface area contributed by atoms with Gasteiger partial charge >= 0.3 is 0 Å². The van der Waals surface area contributed by atoms with Crippen molar-refractivity contribution in [1.29, 1.82) is 0 Å². The lowest BCUT2D eigenvalue weighted by atomic mass is 10.00. The number of thiazole rings is 1. The summed E-state index contributed by atoms with van der Waals surface area (Å²) in [5.74, 6) is 0.942. The summed E-state index contributed by atoms with van der Waals surface area (Å²) in [5.41, 5.74) is 3.83. The molecule has 22 heavy (non-hydrogen) atoms. The Labute approximate surface area is 141 Å². The highest BCUT2D eigenvalue weighted by atomic mass is 79.9. The molecule has 0 bridgehead atoms. The Bertz CT molecular complexity index is 846. The van der Waals surface area contributed by atoms with Gasteiger partial charge in [0.25, 0.3) is 0 Å². The SMILES string of the molecule is COc1ccc2c(c1)CCN(c1nc3ccc(Br)cc3s1)C2. The Hall–Kier alpha value is -1.59. The van der Waals surface area contributed by atoms with Crippen molar-refractivity contribution in [3.8, 4) is 5.75 Å². The lowest BCUT2D eigenvalue weighted by Crippen LogP contribution is -2.30. The van der Waals surface area contributed by atoms with Crippen molar-refractivity contribution in [2.24, 2.45) is 0 Å². The number of halogens is 1. The van der Waals surface area contributed by atoms with E-state index in [1.54, 1.807) is 18.4 Å². The van der Waals surface area contributed by atoms with Crippen LogP contribution in [0, 0.1) is 0 Å². The van der Waals surface area contributed by atoms with Gasteiger partial charge < -0.3 is 9.64 Å². The van der Waals surface area contributed by atoms with Crippen LogP contribution in [0.5, 0.6) is 5.75 Å². The number of rotatable bonds is 2. The first-order valence-electron chi connectivity index (χ1n) is 7.20. The van der Waals surface area contributed by atoms with Crippen LogP contribution < -0.4 is 9.64 Å². The number of benzene rings is 2. The van der Waals surface area contributed by atoms with Crippen molar-refractivity contribution >= 4 is 42.6 Å². The van der Waals surface area contributed by atoms with Crippen LogP contribution in [0.25, 0.3) is 10.2 Å². The molecule has 3 nitrogen and oxygen atoms in total. The van der Waals surface area contributed by atoms with Gasteiger partial charge in [-0.05, 0) is 47.9 Å². The van der Waals surface area contributed by atoms with E-state index < -0.39 is 0 Å². The van der Waals surface area contributed by atoms with Gasteiger partial charge in [-0.25, -0.2) is 4.98 Å². The summed E-state index contributed by atoms with van der Waals surface area (Å²) < 4.78 is 7.64. The lowest BCUT2D eigenvalue weighted by molar-refractivity contribution is 0.414. The number of anilines is 1. The molecular weight excluding hydrogens is 360 g/mol. The number of methoxy groups -OCH3 is 1. The average Bonchev–Trinajstić information content (AvgIpc) is 2.96. The summed E-state index contributed by atoms with van der Waals surface area (Å²) in [6.07, 6.45) is 1.03. The molecule has 4 rings (SSSR count). The largest absolute Gasteiger partial charge is 0.497 e. The van der Waals surface area contributed by atoms with Crippen molar-refractivity contribution in [2.75, 3.05) is 18.6 Å². The Morgan fingerprint density at radius 1 is 1.18 bits per heavy atom. The normalized spacial score (nSPS) is 14.2. The Morgan fingerprint density at radius 3 is 2.95 bits per heavy atom. The van der Waals surface area contributed by atoms with Crippen LogP contribution in [-0.2, 0) is 13.0 Å². The fourth-order valence-corrected chi connectivity index (χ4v) is 4.38. The number of fused-ring (bicyclic) bond motifs is 2. The molecule has 0 saturated carbocycles. The molecule has 0 radical (unpaired) electrons. The molecule has 1 aromatic heterocycles. The number of aromatic nitrogens is 1. The zero-order valence-electron chi connectivity index (χ0n) is 12.2. The molecule has 0 spiro atoms. The van der Waals surface area contributed by atoms with Gasteiger partial charge in [-0.15, -0.1) is 0 Å². The van der Waals surface area contributed by atoms with Crippen molar-refractivity contribution in [3.63, 3.8) is 0 Å². The molecule has 0 N–H and O–H groups in total. The maximum atomic E-state index is 5.31. The number of ether oxygens (including phenoxy) is 1. The molecule has 112 valence electrons. The maximum Gasteiger partial charge on any atom is 0.186 e. The Morgan fingerprint density at radius 2 is 2.09 bits per heavy atom. The molecule has 0 atom stereocenters. The predicted molar refractivity (Wildman–Crippen MR) is 95.1 cm³/mol. The topological polar surface area (TPSA) is 25.4 Å². The average molecular weight is 375 g/mol. The molecule has 2 aromatic carbocycles. The first kappa shape index (κ1) is 14.0. The van der Waals surface area contributed by atoms with E-state index in [2.05, 4.69) is 45.1 Å². The van der Waals surface area contributed by atoms with Gasteiger partial charge in [0.15, 0.2) is 5.13 Å². The van der Waals surface area contributed by atoms with Crippen LogP contribution in [0.1, 0.15) is 11.1 Å². The molecule has 0 saturated heterocycles. The van der Waals surface area contributed by atoms with Gasteiger partial charge in [0.1, 0.15) is 5.75 Å². The third kappa shape index (κ3) is 2.48. The van der Waals surface area contributed by atoms with Crippen LogP contribution in [0.4, 0.5) is 5.13 Å². The Kier molecular flexibility index (Phi) is 3.54. The van der Waals surface area contributed by atoms with E-state index in [1.165, 1.54) is 15.8 Å². The van der Waals surface area contributed by atoms with Gasteiger partial charge in [-0.1, -0.05) is 33.3 Å². The van der Waals surface area contributed by atoms with Crippen LogP contribution in [0.2, 0.25) is 0 Å². The fourth-order valence-electron chi connectivity index (χ4n) is 2.84. The van der Waals surface area contributed by atoms with Crippen molar-refractivity contribution in [2.45, 2.75) is 13.0 Å². The van der Waals surface area contributed by atoms with E-state index >= 15 is 0 Å². The minimum absolute atomic E-state index is 0.917. The summed E-state index contributed by atoms with van der Waals surface area (Å²) in [4.78, 5) is 7.15. The third-order valence-electron chi connectivity index (χ3n) is 4.04. The minimum Gasteiger partial charge on any atom is -0.497 e. The van der Waals surface area contributed by atoms with Crippen LogP contribution >= 0.6 is 27.3 Å². The highest BCUT2D eigenvalue weighted by Crippen LogP contribution is 2.34. The molecule has 0 aliphatic carbocycles. The zero-order chi connectivity index (χ0) is 15.1. The monoisotopic (exact) mass is 374 g/mol. The molecule has 0 amide bonds. The molecule has 0 fully saturated rings. The molecular formula is C17H15BrN2OS. The highest BCUT2D eigenvalue weighted by Gasteiger charge is 2.19. The van der Waals surface area contributed by atoms with Crippen LogP contribution in [0.15, 0.2) is 40.9 Å². The Balaban J connectivity index is 1.65. The fraction of sp³-hybridized carbons (Fsp3) is 0.235. The summed E-state index contributed by atoms with van der Waals surface area (Å²) in [7, 11) is 1.72. The van der Waals surface area contributed by atoms with Crippen molar-refractivity contribution in [1.82, 2.24) is 4.98 Å². The smallest absolute Gasteiger partial charge is 0.186 e. The quantitative estimate of drug-likeness (QED) is 0.653.